The highest BCUT2D eigenvalue weighted by Crippen LogP contribution is 2.22. The van der Waals surface area contributed by atoms with Gasteiger partial charge in [-0.3, -0.25) is 9.48 Å². The Bertz CT molecular complexity index is 589. The third kappa shape index (κ3) is 3.12. The molecule has 0 aromatic carbocycles. The molecule has 0 fully saturated rings. The van der Waals surface area contributed by atoms with E-state index in [0.717, 1.165) is 11.4 Å². The fourth-order valence-corrected chi connectivity index (χ4v) is 1.84. The zero-order valence-electron chi connectivity index (χ0n) is 11.0. The van der Waals surface area contributed by atoms with E-state index >= 15 is 0 Å². The van der Waals surface area contributed by atoms with Crippen LogP contribution in [0.1, 0.15) is 35.8 Å². The van der Waals surface area contributed by atoms with E-state index in [2.05, 4.69) is 15.4 Å². The maximum Gasteiger partial charge on any atom is 0.257 e. The van der Waals surface area contributed by atoms with Crippen LogP contribution in [0.15, 0.2) is 24.5 Å². The minimum absolute atomic E-state index is 0.223. The van der Waals surface area contributed by atoms with E-state index < -0.39 is 0 Å². The van der Waals surface area contributed by atoms with Crippen LogP contribution in [-0.2, 0) is 7.05 Å². The molecule has 0 aliphatic rings. The fraction of sp³-hybridized carbons (Fsp3) is 0.308. The second kappa shape index (κ2) is 5.40. The van der Waals surface area contributed by atoms with E-state index in [1.54, 1.807) is 23.0 Å². The second-order valence-corrected chi connectivity index (χ2v) is 4.97. The van der Waals surface area contributed by atoms with Crippen molar-refractivity contribution in [2.75, 3.05) is 5.32 Å². The molecule has 2 aromatic rings. The number of aromatic nitrogens is 3. The Balaban J connectivity index is 2.21. The van der Waals surface area contributed by atoms with Crippen LogP contribution >= 0.6 is 11.6 Å². The maximum absolute atomic E-state index is 12.1. The predicted octanol–water partition coefficient (Wildman–Crippen LogP) is 2.84. The number of rotatable bonds is 3. The summed E-state index contributed by atoms with van der Waals surface area (Å²) < 4.78 is 1.69. The number of halogens is 1. The van der Waals surface area contributed by atoms with Crippen molar-refractivity contribution < 1.29 is 4.79 Å². The van der Waals surface area contributed by atoms with Gasteiger partial charge in [-0.15, -0.1) is 0 Å². The van der Waals surface area contributed by atoms with Crippen molar-refractivity contribution in [3.8, 4) is 0 Å². The smallest absolute Gasteiger partial charge is 0.257 e. The van der Waals surface area contributed by atoms with Gasteiger partial charge in [-0.25, -0.2) is 4.98 Å². The molecule has 2 heterocycles. The van der Waals surface area contributed by atoms with E-state index in [1.807, 2.05) is 20.9 Å². The molecule has 2 aromatic heterocycles. The highest BCUT2D eigenvalue weighted by atomic mass is 35.5. The lowest BCUT2D eigenvalue weighted by Gasteiger charge is -2.07. The third-order valence-electron chi connectivity index (χ3n) is 2.64. The number of carbonyl (C=O) groups is 1. The van der Waals surface area contributed by atoms with E-state index in [0.29, 0.717) is 10.7 Å². The van der Waals surface area contributed by atoms with Gasteiger partial charge in [-0.2, -0.15) is 5.10 Å². The number of nitrogens with one attached hydrogen (secondary N) is 1. The topological polar surface area (TPSA) is 59.8 Å². The summed E-state index contributed by atoms with van der Waals surface area (Å²) in [6, 6.07) is 3.22. The van der Waals surface area contributed by atoms with Gasteiger partial charge in [0.1, 0.15) is 5.15 Å². The molecule has 19 heavy (non-hydrogen) atoms. The molecule has 0 unspecified atom stereocenters. The van der Waals surface area contributed by atoms with Gasteiger partial charge in [-0.05, 0) is 18.1 Å². The molecule has 100 valence electrons. The molecule has 6 heteroatoms. The van der Waals surface area contributed by atoms with Crippen LogP contribution in [0.25, 0.3) is 0 Å². The average Bonchev–Trinajstić information content (AvgIpc) is 2.71. The number of nitrogens with zero attached hydrogens (tertiary/aromatic N) is 3. The number of hydrogen-bond acceptors (Lipinski definition) is 3. The van der Waals surface area contributed by atoms with Gasteiger partial charge in [0.05, 0.1) is 16.9 Å². The zero-order valence-corrected chi connectivity index (χ0v) is 11.8. The summed E-state index contributed by atoms with van der Waals surface area (Å²) in [6.07, 6.45) is 3.24. The first-order chi connectivity index (χ1) is 8.97. The lowest BCUT2D eigenvalue weighted by atomic mass is 10.1. The van der Waals surface area contributed by atoms with Crippen molar-refractivity contribution in [2.24, 2.45) is 7.05 Å². The van der Waals surface area contributed by atoms with Crippen LogP contribution < -0.4 is 5.32 Å². The number of carbonyl (C=O) groups excluding carboxylic acids is 1. The SMILES string of the molecule is CC(C)c1nn(C)cc1NC(=O)c1ccc(Cl)nc1. The van der Waals surface area contributed by atoms with Crippen LogP contribution in [0.5, 0.6) is 0 Å². The number of aryl methyl sites for hydroxylation is 1. The molecular formula is C13H15ClN4O. The molecule has 1 N–H and O–H groups in total. The summed E-state index contributed by atoms with van der Waals surface area (Å²) in [7, 11) is 1.82. The summed E-state index contributed by atoms with van der Waals surface area (Å²) in [5.74, 6) is 0.0129. The lowest BCUT2D eigenvalue weighted by molar-refractivity contribution is 0.102. The molecular weight excluding hydrogens is 264 g/mol. The summed E-state index contributed by atoms with van der Waals surface area (Å²) in [6.45, 7) is 4.06. The fourth-order valence-electron chi connectivity index (χ4n) is 1.73. The highest BCUT2D eigenvalue weighted by molar-refractivity contribution is 6.29. The average molecular weight is 279 g/mol. The largest absolute Gasteiger partial charge is 0.319 e. The molecule has 1 amide bonds. The first-order valence-corrected chi connectivity index (χ1v) is 6.31. The molecule has 5 nitrogen and oxygen atoms in total. The number of hydrogen-bond donors (Lipinski definition) is 1. The van der Waals surface area contributed by atoms with Gasteiger partial charge in [0.2, 0.25) is 0 Å². The Labute approximate surface area is 116 Å². The van der Waals surface area contributed by atoms with E-state index in [-0.39, 0.29) is 11.8 Å². The van der Waals surface area contributed by atoms with Crippen LogP contribution in [0.4, 0.5) is 5.69 Å². The molecule has 0 atom stereocenters. The predicted molar refractivity (Wildman–Crippen MR) is 74.5 cm³/mol. The minimum atomic E-state index is -0.223. The van der Waals surface area contributed by atoms with Crippen molar-refractivity contribution in [3.63, 3.8) is 0 Å². The van der Waals surface area contributed by atoms with Gasteiger partial charge in [0.25, 0.3) is 5.91 Å². The van der Waals surface area contributed by atoms with Crippen molar-refractivity contribution in [2.45, 2.75) is 19.8 Å². The molecule has 2 rings (SSSR count). The Morgan fingerprint density at radius 3 is 2.74 bits per heavy atom. The Hall–Kier alpha value is -1.88. The van der Waals surface area contributed by atoms with Crippen molar-refractivity contribution in [1.82, 2.24) is 14.8 Å². The summed E-state index contributed by atoms with van der Waals surface area (Å²) >= 11 is 5.69. The molecule has 0 aliphatic heterocycles. The quantitative estimate of drug-likeness (QED) is 0.878. The van der Waals surface area contributed by atoms with Crippen LogP contribution in [-0.4, -0.2) is 20.7 Å². The lowest BCUT2D eigenvalue weighted by Crippen LogP contribution is -2.13. The van der Waals surface area contributed by atoms with Crippen LogP contribution in [0, 0.1) is 0 Å². The number of pyridine rings is 1. The molecule has 0 bridgehead atoms. The minimum Gasteiger partial charge on any atom is -0.319 e. The molecule has 0 saturated heterocycles. The highest BCUT2D eigenvalue weighted by Gasteiger charge is 2.14. The van der Waals surface area contributed by atoms with Gasteiger partial charge in [0.15, 0.2) is 0 Å². The first kappa shape index (κ1) is 13.5. The van der Waals surface area contributed by atoms with Gasteiger partial charge >= 0.3 is 0 Å². The molecule has 0 saturated carbocycles. The number of anilines is 1. The van der Waals surface area contributed by atoms with Gasteiger partial charge < -0.3 is 5.32 Å². The van der Waals surface area contributed by atoms with E-state index in [9.17, 15) is 4.79 Å². The van der Waals surface area contributed by atoms with Crippen LogP contribution in [0.3, 0.4) is 0 Å². The first-order valence-electron chi connectivity index (χ1n) is 5.94. The number of amides is 1. The van der Waals surface area contributed by atoms with Gasteiger partial charge in [0, 0.05) is 19.4 Å². The normalized spacial score (nSPS) is 10.8. The Morgan fingerprint density at radius 2 is 2.16 bits per heavy atom. The zero-order chi connectivity index (χ0) is 14.0. The van der Waals surface area contributed by atoms with Crippen molar-refractivity contribution in [3.05, 3.63) is 40.9 Å². The van der Waals surface area contributed by atoms with E-state index in [4.69, 9.17) is 11.6 Å². The maximum atomic E-state index is 12.1. The molecule has 0 aliphatic carbocycles. The summed E-state index contributed by atoms with van der Waals surface area (Å²) in [5.41, 5.74) is 2.04. The Kier molecular flexibility index (Phi) is 3.85. The van der Waals surface area contributed by atoms with Crippen LogP contribution in [0.2, 0.25) is 5.15 Å². The Morgan fingerprint density at radius 1 is 1.42 bits per heavy atom. The second-order valence-electron chi connectivity index (χ2n) is 4.58. The van der Waals surface area contributed by atoms with Crippen molar-refractivity contribution in [1.29, 1.82) is 0 Å². The monoisotopic (exact) mass is 278 g/mol. The standard InChI is InChI=1S/C13H15ClN4O/c1-8(2)12-10(7-18(3)17-12)16-13(19)9-4-5-11(14)15-6-9/h4-8H,1-3H3,(H,16,19). The molecule has 0 spiro atoms. The third-order valence-corrected chi connectivity index (χ3v) is 2.87. The van der Waals surface area contributed by atoms with Gasteiger partial charge in [-0.1, -0.05) is 25.4 Å². The summed E-state index contributed by atoms with van der Waals surface area (Å²) in [5, 5.41) is 7.54. The molecule has 0 radical (unpaired) electrons. The van der Waals surface area contributed by atoms with E-state index in [1.165, 1.54) is 6.20 Å². The van der Waals surface area contributed by atoms with Crippen molar-refractivity contribution >= 4 is 23.2 Å². The summed E-state index contributed by atoms with van der Waals surface area (Å²) in [4.78, 5) is 16.0.